The number of nitrogens with two attached hydrogens (primary N) is 1. The van der Waals surface area contributed by atoms with Crippen LogP contribution in [0.3, 0.4) is 0 Å². The van der Waals surface area contributed by atoms with Crippen molar-refractivity contribution in [1.29, 1.82) is 0 Å². The Morgan fingerprint density at radius 3 is 2.50 bits per heavy atom. The van der Waals surface area contributed by atoms with Crippen LogP contribution < -0.4 is 5.73 Å². The average molecular weight is 218 g/mol. The van der Waals surface area contributed by atoms with Crippen molar-refractivity contribution in [3.05, 3.63) is 11.9 Å². The van der Waals surface area contributed by atoms with Crippen molar-refractivity contribution in [3.8, 4) is 0 Å². The van der Waals surface area contributed by atoms with Gasteiger partial charge < -0.3 is 5.73 Å². The van der Waals surface area contributed by atoms with E-state index < -0.39 is 21.1 Å². The lowest BCUT2D eigenvalue weighted by Crippen LogP contribution is -2.30. The molecule has 0 saturated heterocycles. The van der Waals surface area contributed by atoms with Crippen LogP contribution in [-0.4, -0.2) is 34.9 Å². The van der Waals surface area contributed by atoms with Crippen LogP contribution in [0.4, 0.5) is 0 Å². The Labute approximate surface area is 83.0 Å². The molecule has 0 spiro atoms. The number of aromatic nitrogens is 3. The third-order valence-electron chi connectivity index (χ3n) is 2.14. The van der Waals surface area contributed by atoms with Gasteiger partial charge in [0.25, 0.3) is 0 Å². The summed E-state index contributed by atoms with van der Waals surface area (Å²) in [7, 11) is -1.49. The van der Waals surface area contributed by atoms with E-state index in [0.717, 1.165) is 6.26 Å². The maximum absolute atomic E-state index is 11.2. The molecule has 0 amide bonds. The summed E-state index contributed by atoms with van der Waals surface area (Å²) < 4.78 is 22.4. The summed E-state index contributed by atoms with van der Waals surface area (Å²) in [5.74, 6) is 0. The van der Waals surface area contributed by atoms with Crippen molar-refractivity contribution >= 4 is 9.84 Å². The molecule has 0 bridgehead atoms. The second-order valence-electron chi connectivity index (χ2n) is 3.32. The van der Waals surface area contributed by atoms with Crippen molar-refractivity contribution < 1.29 is 8.42 Å². The zero-order chi connectivity index (χ0) is 10.9. The van der Waals surface area contributed by atoms with Gasteiger partial charge in [0.1, 0.15) is 5.69 Å². The van der Waals surface area contributed by atoms with Gasteiger partial charge in [0, 0.05) is 13.3 Å². The molecule has 14 heavy (non-hydrogen) atoms. The quantitative estimate of drug-likeness (QED) is 0.720. The minimum absolute atomic E-state index is 0.491. The van der Waals surface area contributed by atoms with Gasteiger partial charge in [0.15, 0.2) is 9.84 Å². The first-order valence-corrected chi connectivity index (χ1v) is 6.08. The lowest BCUT2D eigenvalue weighted by Gasteiger charge is -2.15. The molecule has 1 aromatic rings. The van der Waals surface area contributed by atoms with Crippen LogP contribution in [0.2, 0.25) is 0 Å². The Balaban J connectivity index is 2.91. The number of sulfone groups is 1. The third-order valence-corrected chi connectivity index (χ3v) is 3.78. The Morgan fingerprint density at radius 2 is 2.14 bits per heavy atom. The van der Waals surface area contributed by atoms with E-state index in [0.29, 0.717) is 5.69 Å². The number of hydrogen-bond acceptors (Lipinski definition) is 5. The maximum Gasteiger partial charge on any atom is 0.151 e. The van der Waals surface area contributed by atoms with Gasteiger partial charge in [0.2, 0.25) is 0 Å². The molecule has 0 aromatic carbocycles. The molecule has 0 radical (unpaired) electrons. The predicted octanol–water partition coefficient (Wildman–Crippen LogP) is -0.752. The summed E-state index contributed by atoms with van der Waals surface area (Å²) >= 11 is 0. The van der Waals surface area contributed by atoms with Crippen LogP contribution in [0.1, 0.15) is 18.7 Å². The van der Waals surface area contributed by atoms with Crippen molar-refractivity contribution in [1.82, 2.24) is 15.0 Å². The number of rotatable bonds is 3. The van der Waals surface area contributed by atoms with Crippen molar-refractivity contribution in [2.45, 2.75) is 18.2 Å². The zero-order valence-corrected chi connectivity index (χ0v) is 9.19. The minimum atomic E-state index is -3.14. The predicted molar refractivity (Wildman–Crippen MR) is 52.2 cm³/mol. The standard InChI is InChI=1S/C7H14N4O2S/c1-5(14(3,12)13)7(8)6-4-9-11(2)10-6/h4-5,7H,8H2,1-3H3. The van der Waals surface area contributed by atoms with Gasteiger partial charge in [-0.05, 0) is 6.92 Å². The van der Waals surface area contributed by atoms with Crippen molar-refractivity contribution in [2.75, 3.05) is 6.26 Å². The van der Waals surface area contributed by atoms with Crippen LogP contribution in [-0.2, 0) is 16.9 Å². The fraction of sp³-hybridized carbons (Fsp3) is 0.714. The summed E-state index contributed by atoms with van der Waals surface area (Å²) in [4.78, 5) is 1.35. The molecule has 1 rings (SSSR count). The first-order chi connectivity index (χ1) is 6.32. The Hall–Kier alpha value is -0.950. The highest BCUT2D eigenvalue weighted by molar-refractivity contribution is 7.91. The molecule has 1 heterocycles. The van der Waals surface area contributed by atoms with Gasteiger partial charge in [-0.1, -0.05) is 0 Å². The second-order valence-corrected chi connectivity index (χ2v) is 5.72. The van der Waals surface area contributed by atoms with Crippen molar-refractivity contribution in [3.63, 3.8) is 0 Å². The molecular weight excluding hydrogens is 204 g/mol. The lowest BCUT2D eigenvalue weighted by atomic mass is 10.2. The highest BCUT2D eigenvalue weighted by atomic mass is 32.2. The number of aryl methyl sites for hydroxylation is 1. The molecule has 7 heteroatoms. The third kappa shape index (κ3) is 2.30. The molecule has 0 fully saturated rings. The Kier molecular flexibility index (Phi) is 2.91. The largest absolute Gasteiger partial charge is 0.321 e. The number of hydrogen-bond donors (Lipinski definition) is 1. The van der Waals surface area contributed by atoms with Crippen LogP contribution in [0.5, 0.6) is 0 Å². The monoisotopic (exact) mass is 218 g/mol. The highest BCUT2D eigenvalue weighted by Crippen LogP contribution is 2.15. The van der Waals surface area contributed by atoms with E-state index in [1.807, 2.05) is 0 Å². The van der Waals surface area contributed by atoms with Gasteiger partial charge in [0.05, 0.1) is 17.5 Å². The minimum Gasteiger partial charge on any atom is -0.321 e. The van der Waals surface area contributed by atoms with Gasteiger partial charge in [-0.3, -0.25) is 0 Å². The van der Waals surface area contributed by atoms with E-state index >= 15 is 0 Å². The summed E-state index contributed by atoms with van der Waals surface area (Å²) in [6.07, 6.45) is 2.64. The summed E-state index contributed by atoms with van der Waals surface area (Å²) in [5.41, 5.74) is 6.23. The molecule has 6 nitrogen and oxygen atoms in total. The molecule has 80 valence electrons. The fourth-order valence-corrected chi connectivity index (χ4v) is 1.69. The molecule has 2 atom stereocenters. The molecule has 1 aromatic heterocycles. The summed E-state index contributed by atoms with van der Waals surface area (Å²) in [5, 5.41) is 7.14. The first-order valence-electron chi connectivity index (χ1n) is 4.13. The Bertz CT molecular complexity index is 411. The van der Waals surface area contributed by atoms with E-state index in [9.17, 15) is 8.42 Å². The van der Waals surface area contributed by atoms with Gasteiger partial charge in [-0.25, -0.2) is 8.42 Å². The summed E-state index contributed by atoms with van der Waals surface area (Å²) in [6.45, 7) is 1.56. The summed E-state index contributed by atoms with van der Waals surface area (Å²) in [6, 6.07) is -0.626. The van der Waals surface area contributed by atoms with Crippen molar-refractivity contribution in [2.24, 2.45) is 12.8 Å². The SMILES string of the molecule is CC(C(N)c1cnn(C)n1)S(C)(=O)=O. The fourth-order valence-electron chi connectivity index (χ4n) is 1.02. The van der Waals surface area contributed by atoms with Gasteiger partial charge in [-0.15, -0.1) is 0 Å². The molecule has 0 aliphatic carbocycles. The molecule has 0 aliphatic rings. The van der Waals surface area contributed by atoms with Crippen LogP contribution >= 0.6 is 0 Å². The molecule has 2 unspecified atom stereocenters. The first kappa shape index (κ1) is 11.1. The second kappa shape index (κ2) is 3.66. The van der Waals surface area contributed by atoms with E-state index in [1.54, 1.807) is 14.0 Å². The zero-order valence-electron chi connectivity index (χ0n) is 8.38. The van der Waals surface area contributed by atoms with E-state index in [2.05, 4.69) is 10.2 Å². The lowest BCUT2D eigenvalue weighted by molar-refractivity contribution is 0.561. The van der Waals surface area contributed by atoms with E-state index in [4.69, 9.17) is 5.73 Å². The normalized spacial score (nSPS) is 16.6. The van der Waals surface area contributed by atoms with Gasteiger partial charge >= 0.3 is 0 Å². The maximum atomic E-state index is 11.2. The van der Waals surface area contributed by atoms with E-state index in [-0.39, 0.29) is 0 Å². The highest BCUT2D eigenvalue weighted by Gasteiger charge is 2.25. The smallest absolute Gasteiger partial charge is 0.151 e. The van der Waals surface area contributed by atoms with Crippen LogP contribution in [0, 0.1) is 0 Å². The molecular formula is C7H14N4O2S. The van der Waals surface area contributed by atoms with Crippen LogP contribution in [0.15, 0.2) is 6.20 Å². The van der Waals surface area contributed by atoms with Crippen LogP contribution in [0.25, 0.3) is 0 Å². The molecule has 2 N–H and O–H groups in total. The van der Waals surface area contributed by atoms with Gasteiger partial charge in [-0.2, -0.15) is 15.0 Å². The molecule has 0 aliphatic heterocycles. The number of nitrogens with zero attached hydrogens (tertiary/aromatic N) is 3. The molecule has 0 saturated carbocycles. The van der Waals surface area contributed by atoms with E-state index in [1.165, 1.54) is 11.0 Å². The average Bonchev–Trinajstić information content (AvgIpc) is 2.47. The Morgan fingerprint density at radius 1 is 1.57 bits per heavy atom. The topological polar surface area (TPSA) is 90.9 Å².